The topological polar surface area (TPSA) is 147 Å². The molecule has 8 rings (SSSR count). The van der Waals surface area contributed by atoms with E-state index in [-0.39, 0.29) is 18.2 Å². The first kappa shape index (κ1) is 28.0. The zero-order chi connectivity index (χ0) is 28.4. The van der Waals surface area contributed by atoms with E-state index in [1.54, 1.807) is 0 Å². The van der Waals surface area contributed by atoms with E-state index in [1.165, 1.54) is 4.90 Å². The Balaban J connectivity index is 0.00000302. The molecule has 8 fully saturated rings. The standard InChI is InChI=1S/C27H32F2NO9S.Rf/c28-27(29,40(35,36)37)11-38-24(33)19-17-7-16-18(19)22(31)30(20(16)21(17)39-23(32)15-2-1-3-15)25(34)26-8-12-4-13(9-26)6-14(5-12)10-26;/h11-21H,1-10H2,(H,35,36,37);/q-1;/p-1. The maximum atomic E-state index is 14.3. The number of ether oxygens (including phenoxy) is 2. The van der Waals surface area contributed by atoms with Gasteiger partial charge in [0.2, 0.25) is 11.8 Å². The van der Waals surface area contributed by atoms with Crippen LogP contribution in [0.1, 0.15) is 64.2 Å². The van der Waals surface area contributed by atoms with Gasteiger partial charge in [0.25, 0.3) is 11.2 Å². The summed E-state index contributed by atoms with van der Waals surface area (Å²) in [7, 11) is -6.13. The van der Waals surface area contributed by atoms with E-state index in [1.807, 2.05) is 0 Å². The minimum atomic E-state index is -6.13. The molecule has 1 heterocycles. The molecule has 10 nitrogen and oxygen atoms in total. The van der Waals surface area contributed by atoms with Gasteiger partial charge in [0.05, 0.1) is 29.2 Å². The molecule has 0 N–H and O–H groups in total. The summed E-state index contributed by atoms with van der Waals surface area (Å²) in [6.45, 7) is -0.617. The fourth-order valence-electron chi connectivity index (χ4n) is 9.79. The third-order valence-electron chi connectivity index (χ3n) is 11.2. The summed E-state index contributed by atoms with van der Waals surface area (Å²) in [5.41, 5.74) is -0.664. The summed E-state index contributed by atoms with van der Waals surface area (Å²) < 4.78 is 70.4. The fraction of sp³-hybridized carbons (Fsp3) is 0.815. The van der Waals surface area contributed by atoms with E-state index in [9.17, 15) is 40.9 Å². The van der Waals surface area contributed by atoms with Crippen molar-refractivity contribution in [1.82, 2.24) is 4.90 Å². The summed E-state index contributed by atoms with van der Waals surface area (Å²) in [6, 6.07) is -0.733. The molecule has 0 aromatic rings. The first-order valence-corrected chi connectivity index (χ1v) is 15.7. The molecular formula is C27H31F2NO9RfS-2. The number of rotatable bonds is 7. The number of carbonyl (C=O) groups is 4. The number of carbonyl (C=O) groups excluding carboxylic acids is 4. The van der Waals surface area contributed by atoms with E-state index in [4.69, 9.17) is 4.74 Å². The zero-order valence-corrected chi connectivity index (χ0v) is 29.6. The molecule has 6 bridgehead atoms. The van der Waals surface area contributed by atoms with Gasteiger partial charge in [-0.25, -0.2) is 17.2 Å². The number of nitrogens with zero attached hydrogens (tertiary/aromatic N) is 1. The van der Waals surface area contributed by atoms with Crippen molar-refractivity contribution in [3.63, 3.8) is 0 Å². The quantitative estimate of drug-likeness (QED) is 0.163. The number of fused-ring (bicyclic) bond motifs is 1. The van der Waals surface area contributed by atoms with Crippen LogP contribution in [0, 0.1) is 59.4 Å². The normalized spacial score (nSPS) is 42.2. The Morgan fingerprint density at radius 1 is 0.976 bits per heavy atom. The Hall–Kier alpha value is -3.15. The molecule has 0 aromatic carbocycles. The van der Waals surface area contributed by atoms with Crippen LogP contribution in [0.15, 0.2) is 0 Å². The molecule has 0 spiro atoms. The third kappa shape index (κ3) is 3.92. The molecule has 6 atom stereocenters. The van der Waals surface area contributed by atoms with Gasteiger partial charge >= 0.3 is 5.97 Å². The fourth-order valence-corrected chi connectivity index (χ4v) is 9.96. The smallest absolute Gasteiger partial charge is 0.309 e. The number of hydrogen-bond acceptors (Lipinski definition) is 9. The van der Waals surface area contributed by atoms with Crippen LogP contribution in [0.5, 0.6) is 0 Å². The summed E-state index contributed by atoms with van der Waals surface area (Å²) in [5.74, 6) is -5.27. The summed E-state index contributed by atoms with van der Waals surface area (Å²) in [6.07, 6.45) is 6.84. The van der Waals surface area contributed by atoms with Crippen LogP contribution in [-0.2, 0) is 38.8 Å². The van der Waals surface area contributed by atoms with Gasteiger partial charge in [-0.2, -0.15) is 0 Å². The van der Waals surface area contributed by atoms with Crippen molar-refractivity contribution >= 4 is 33.9 Å². The van der Waals surface area contributed by atoms with Crippen LogP contribution in [0.25, 0.3) is 0 Å². The van der Waals surface area contributed by atoms with Crippen LogP contribution >= 0.6 is 0 Å². The summed E-state index contributed by atoms with van der Waals surface area (Å²) >= 11 is 0. The first-order chi connectivity index (χ1) is 18.8. The van der Waals surface area contributed by atoms with Gasteiger partial charge in [0.1, 0.15) is 16.2 Å². The number of esters is 2. The van der Waals surface area contributed by atoms with Gasteiger partial charge in [-0.05, 0) is 81.5 Å². The van der Waals surface area contributed by atoms with Crippen molar-refractivity contribution in [2.45, 2.75) is 81.6 Å². The Labute approximate surface area is 230 Å². The number of likely N-dealkylation sites (tertiary alicyclic amines) is 1. The number of hydrogen-bond donors (Lipinski definition) is 0. The number of alkyl halides is 2. The minimum absolute atomic E-state index is 0. The van der Waals surface area contributed by atoms with Crippen LogP contribution in [0.4, 0.5) is 8.78 Å². The van der Waals surface area contributed by atoms with Crippen molar-refractivity contribution in [3.8, 4) is 0 Å². The molecule has 8 aliphatic rings. The van der Waals surface area contributed by atoms with E-state index < -0.39 is 81.1 Å². The maximum absolute atomic E-state index is 14.3. The number of imide groups is 1. The Bertz CT molecular complexity index is 1250. The molecule has 14 heteroatoms. The molecule has 0 aromatic heterocycles. The summed E-state index contributed by atoms with van der Waals surface area (Å²) in [4.78, 5) is 55.5. The SMILES string of the molecule is O=C(OC1C2CC3C(C(=O)N(C(=O)C45CC6CC(CC(C6)C4)C5)C31)C2C(=O)O[CH-]C(F)(F)S(=O)(=O)[O-])C1CCC1.[Rf]. The average Bonchev–Trinajstić information content (AvgIpc) is 3.42. The van der Waals surface area contributed by atoms with Gasteiger partial charge < -0.3 is 14.0 Å². The molecule has 7 saturated carbocycles. The Morgan fingerprint density at radius 2 is 1.56 bits per heavy atom. The van der Waals surface area contributed by atoms with Crippen molar-refractivity contribution in [2.75, 3.05) is 0 Å². The average molecular weight is 851 g/mol. The van der Waals surface area contributed by atoms with E-state index >= 15 is 0 Å². The second-order valence-corrected chi connectivity index (χ2v) is 14.9. The van der Waals surface area contributed by atoms with Gasteiger partial charge in [0, 0.05) is 5.92 Å². The molecular weight excluding hydrogens is 819 g/mol. The largest absolute Gasteiger partial charge is 0.746 e. The van der Waals surface area contributed by atoms with Gasteiger partial charge in [-0.1, -0.05) is 13.0 Å². The number of amides is 2. The molecule has 2 amide bonds. The molecule has 1 saturated heterocycles. The van der Waals surface area contributed by atoms with Crippen LogP contribution < -0.4 is 0 Å². The van der Waals surface area contributed by atoms with E-state index in [2.05, 4.69) is 4.74 Å². The zero-order valence-electron chi connectivity index (χ0n) is 22.4. The first-order valence-electron chi connectivity index (χ1n) is 14.3. The Morgan fingerprint density at radius 3 is 2.07 bits per heavy atom. The molecule has 222 valence electrons. The predicted molar refractivity (Wildman–Crippen MR) is 127 cm³/mol. The van der Waals surface area contributed by atoms with Crippen molar-refractivity contribution in [3.05, 3.63) is 6.61 Å². The second kappa shape index (κ2) is 8.92. The molecule has 0 radical (unpaired) electrons. The van der Waals surface area contributed by atoms with Gasteiger partial charge in [-0.3, -0.25) is 24.1 Å². The minimum Gasteiger partial charge on any atom is -0.746 e. The van der Waals surface area contributed by atoms with E-state index in [0.717, 1.165) is 25.7 Å². The van der Waals surface area contributed by atoms with Crippen molar-refractivity contribution in [2.24, 2.45) is 52.8 Å². The molecule has 1 aliphatic heterocycles. The van der Waals surface area contributed by atoms with E-state index in [0.29, 0.717) is 49.9 Å². The molecule has 6 unspecified atom stereocenters. The van der Waals surface area contributed by atoms with Crippen LogP contribution in [-0.4, -0.2) is 59.0 Å². The summed E-state index contributed by atoms with van der Waals surface area (Å²) in [5, 5.41) is -4.96. The monoisotopic (exact) mass is 850 g/mol. The van der Waals surface area contributed by atoms with Crippen molar-refractivity contribution < 1.29 is 50.4 Å². The number of halogens is 2. The molecule has 41 heavy (non-hydrogen) atoms. The molecule has 7 aliphatic carbocycles. The predicted octanol–water partition coefficient (Wildman–Crippen LogP) is 2.38. The van der Waals surface area contributed by atoms with Crippen molar-refractivity contribution in [1.29, 1.82) is 0 Å². The van der Waals surface area contributed by atoms with Crippen LogP contribution in [0.3, 0.4) is 0 Å². The van der Waals surface area contributed by atoms with Crippen LogP contribution in [0.2, 0.25) is 0 Å². The van der Waals surface area contributed by atoms with Gasteiger partial charge in [-0.15, -0.1) is 0 Å². The second-order valence-electron chi connectivity index (χ2n) is 13.4. The Kier molecular flexibility index (Phi) is 6.09. The van der Waals surface area contributed by atoms with Gasteiger partial charge in [0.15, 0.2) is 0 Å². The maximum Gasteiger partial charge on any atom is 0.309 e. The third-order valence-corrected chi connectivity index (χ3v) is 12.0.